The molecular weight excluding hydrogens is 355 g/mol. The third kappa shape index (κ3) is 4.62. The summed E-state index contributed by atoms with van der Waals surface area (Å²) >= 11 is 0. The number of hydrogen-bond acceptors (Lipinski definition) is 2. The normalized spacial score (nSPS) is 16.1. The minimum atomic E-state index is -4.52. The summed E-state index contributed by atoms with van der Waals surface area (Å²) in [5, 5.41) is 2.69. The monoisotopic (exact) mass is 377 g/mol. The Hall–Kier alpha value is -2.50. The summed E-state index contributed by atoms with van der Waals surface area (Å²) in [6.45, 7) is 0. The van der Waals surface area contributed by atoms with Gasteiger partial charge in [-0.15, -0.1) is 0 Å². The molecule has 0 radical (unpaired) electrons. The van der Waals surface area contributed by atoms with Gasteiger partial charge >= 0.3 is 6.18 Å². The van der Waals surface area contributed by atoms with E-state index in [1.165, 1.54) is 13.2 Å². The van der Waals surface area contributed by atoms with E-state index in [1.54, 1.807) is 0 Å². The van der Waals surface area contributed by atoms with E-state index < -0.39 is 11.7 Å². The number of alkyl halides is 3. The summed E-state index contributed by atoms with van der Waals surface area (Å²) in [6, 6.07) is 12.7. The van der Waals surface area contributed by atoms with E-state index in [1.807, 2.05) is 30.3 Å². The molecule has 0 spiro atoms. The zero-order valence-electron chi connectivity index (χ0n) is 15.1. The van der Waals surface area contributed by atoms with Crippen LogP contribution in [-0.4, -0.2) is 13.0 Å². The maximum Gasteiger partial charge on any atom is 0.416 e. The van der Waals surface area contributed by atoms with Crippen molar-refractivity contribution in [3.05, 3.63) is 59.7 Å². The van der Waals surface area contributed by atoms with Crippen LogP contribution in [0.3, 0.4) is 0 Å². The van der Waals surface area contributed by atoms with Crippen molar-refractivity contribution in [3.8, 4) is 5.75 Å². The molecule has 6 heteroatoms. The number of anilines is 1. The van der Waals surface area contributed by atoms with Crippen molar-refractivity contribution in [3.63, 3.8) is 0 Å². The molecule has 2 aromatic rings. The number of ether oxygens (including phenoxy) is 1. The van der Waals surface area contributed by atoms with Crippen LogP contribution < -0.4 is 10.1 Å². The van der Waals surface area contributed by atoms with Crippen LogP contribution in [0.2, 0.25) is 0 Å². The van der Waals surface area contributed by atoms with Gasteiger partial charge in [-0.2, -0.15) is 13.2 Å². The first-order valence-electron chi connectivity index (χ1n) is 9.00. The smallest absolute Gasteiger partial charge is 0.416 e. The van der Waals surface area contributed by atoms with Crippen LogP contribution in [0.4, 0.5) is 18.9 Å². The van der Waals surface area contributed by atoms with Crippen molar-refractivity contribution < 1.29 is 22.7 Å². The van der Waals surface area contributed by atoms with Crippen LogP contribution in [0.5, 0.6) is 5.75 Å². The molecule has 0 aliphatic heterocycles. The molecule has 1 atom stereocenters. The van der Waals surface area contributed by atoms with Gasteiger partial charge in [0.2, 0.25) is 5.91 Å². The summed E-state index contributed by atoms with van der Waals surface area (Å²) < 4.78 is 44.3. The van der Waals surface area contributed by atoms with E-state index in [2.05, 4.69) is 5.32 Å². The first-order chi connectivity index (χ1) is 12.9. The average Bonchev–Trinajstić information content (AvgIpc) is 3.16. The van der Waals surface area contributed by atoms with Crippen LogP contribution >= 0.6 is 0 Å². The fraction of sp³-hybridized carbons (Fsp3) is 0.381. The topological polar surface area (TPSA) is 38.3 Å². The van der Waals surface area contributed by atoms with Gasteiger partial charge in [-0.3, -0.25) is 4.79 Å². The van der Waals surface area contributed by atoms with E-state index >= 15 is 0 Å². The van der Waals surface area contributed by atoms with Crippen molar-refractivity contribution in [1.82, 2.24) is 0 Å². The standard InChI is InChI=1S/C21H22F3NO2/c1-27-18-12-16(21(22,23)24)11-17(13-18)25-20(26)19(15-9-5-6-10-15)14-7-3-2-4-8-14/h2-4,7-8,11-13,15,19H,5-6,9-10H2,1H3,(H,25,26)/t19-/m1/s1. The van der Waals surface area contributed by atoms with Crippen molar-refractivity contribution >= 4 is 11.6 Å². The van der Waals surface area contributed by atoms with Crippen LogP contribution in [0.1, 0.15) is 42.7 Å². The maximum atomic E-state index is 13.1. The van der Waals surface area contributed by atoms with Crippen LogP contribution in [0.25, 0.3) is 0 Å². The Balaban J connectivity index is 1.89. The number of amides is 1. The van der Waals surface area contributed by atoms with Gasteiger partial charge in [0.25, 0.3) is 0 Å². The van der Waals surface area contributed by atoms with Crippen molar-refractivity contribution in [2.45, 2.75) is 37.8 Å². The molecule has 0 saturated heterocycles. The van der Waals surface area contributed by atoms with Gasteiger partial charge in [-0.1, -0.05) is 43.2 Å². The van der Waals surface area contributed by atoms with Crippen molar-refractivity contribution in [1.29, 1.82) is 0 Å². The number of halogens is 3. The average molecular weight is 377 g/mol. The molecule has 27 heavy (non-hydrogen) atoms. The highest BCUT2D eigenvalue weighted by Crippen LogP contribution is 2.39. The first-order valence-corrected chi connectivity index (χ1v) is 9.00. The lowest BCUT2D eigenvalue weighted by Crippen LogP contribution is -2.26. The summed E-state index contributed by atoms with van der Waals surface area (Å²) in [6.07, 6.45) is -0.493. The molecule has 144 valence electrons. The van der Waals surface area contributed by atoms with Gasteiger partial charge < -0.3 is 10.1 Å². The van der Waals surface area contributed by atoms with Gasteiger partial charge in [0.05, 0.1) is 18.6 Å². The third-order valence-electron chi connectivity index (χ3n) is 5.05. The zero-order valence-corrected chi connectivity index (χ0v) is 15.1. The van der Waals surface area contributed by atoms with Gasteiger partial charge in [-0.25, -0.2) is 0 Å². The number of methoxy groups -OCH3 is 1. The molecule has 0 aromatic heterocycles. The second kappa shape index (κ2) is 8.03. The van der Waals surface area contributed by atoms with E-state index in [0.29, 0.717) is 0 Å². The van der Waals surface area contributed by atoms with Gasteiger partial charge in [0, 0.05) is 11.8 Å². The van der Waals surface area contributed by atoms with Gasteiger partial charge in [-0.05, 0) is 36.5 Å². The molecule has 0 unspecified atom stereocenters. The predicted octanol–water partition coefficient (Wildman–Crippen LogP) is 5.63. The Labute approximate surface area is 156 Å². The molecule has 1 aliphatic rings. The summed E-state index contributed by atoms with van der Waals surface area (Å²) in [5.41, 5.74) is 0.126. The SMILES string of the molecule is COc1cc(NC(=O)[C@H](c2ccccc2)C2CCCC2)cc(C(F)(F)F)c1. The largest absolute Gasteiger partial charge is 0.497 e. The van der Waals surface area contributed by atoms with Crippen LogP contribution in [0.15, 0.2) is 48.5 Å². The number of hydrogen-bond donors (Lipinski definition) is 1. The highest BCUT2D eigenvalue weighted by molar-refractivity contribution is 5.96. The summed E-state index contributed by atoms with van der Waals surface area (Å²) in [4.78, 5) is 13.0. The van der Waals surface area contributed by atoms with Crippen molar-refractivity contribution in [2.24, 2.45) is 5.92 Å². The Morgan fingerprint density at radius 2 is 1.78 bits per heavy atom. The summed E-state index contributed by atoms with van der Waals surface area (Å²) in [7, 11) is 1.30. The van der Waals surface area contributed by atoms with E-state index in [9.17, 15) is 18.0 Å². The molecule has 1 saturated carbocycles. The fourth-order valence-electron chi connectivity index (χ4n) is 3.76. The second-order valence-corrected chi connectivity index (χ2v) is 6.87. The Bertz CT molecular complexity index is 784. The number of carbonyl (C=O) groups excluding carboxylic acids is 1. The number of carbonyl (C=O) groups is 1. The van der Waals surface area contributed by atoms with Gasteiger partial charge in [0.1, 0.15) is 5.75 Å². The molecule has 1 N–H and O–H groups in total. The Morgan fingerprint density at radius 3 is 2.37 bits per heavy atom. The number of benzene rings is 2. The molecule has 3 rings (SSSR count). The third-order valence-corrected chi connectivity index (χ3v) is 5.05. The van der Waals surface area contributed by atoms with Crippen molar-refractivity contribution in [2.75, 3.05) is 12.4 Å². The lowest BCUT2D eigenvalue weighted by Gasteiger charge is -2.23. The molecule has 0 heterocycles. The lowest BCUT2D eigenvalue weighted by molar-refractivity contribution is -0.137. The number of nitrogens with one attached hydrogen (secondary N) is 1. The van der Waals surface area contributed by atoms with E-state index in [0.717, 1.165) is 43.4 Å². The van der Waals surface area contributed by atoms with E-state index in [-0.39, 0.29) is 29.2 Å². The van der Waals surface area contributed by atoms with E-state index in [4.69, 9.17) is 4.74 Å². The molecule has 1 amide bonds. The van der Waals surface area contributed by atoms with Crippen LogP contribution in [0, 0.1) is 5.92 Å². The summed E-state index contributed by atoms with van der Waals surface area (Å²) in [5.74, 6) is -0.416. The molecule has 1 aliphatic carbocycles. The highest BCUT2D eigenvalue weighted by Gasteiger charge is 2.34. The Morgan fingerprint density at radius 1 is 1.11 bits per heavy atom. The molecular formula is C21H22F3NO2. The highest BCUT2D eigenvalue weighted by atomic mass is 19.4. The minimum Gasteiger partial charge on any atom is -0.497 e. The quantitative estimate of drug-likeness (QED) is 0.734. The molecule has 2 aromatic carbocycles. The predicted molar refractivity (Wildman–Crippen MR) is 97.8 cm³/mol. The maximum absolute atomic E-state index is 13.1. The fourth-order valence-corrected chi connectivity index (χ4v) is 3.76. The molecule has 1 fully saturated rings. The van der Waals surface area contributed by atoms with Crippen LogP contribution in [-0.2, 0) is 11.0 Å². The lowest BCUT2D eigenvalue weighted by atomic mass is 9.84. The molecule has 3 nitrogen and oxygen atoms in total. The van der Waals surface area contributed by atoms with Gasteiger partial charge in [0.15, 0.2) is 0 Å². The molecule has 0 bridgehead atoms. The number of rotatable bonds is 5. The zero-order chi connectivity index (χ0) is 19.4. The second-order valence-electron chi connectivity index (χ2n) is 6.87. The first kappa shape index (κ1) is 19.3. The minimum absolute atomic E-state index is 0.0530. The Kier molecular flexibility index (Phi) is 5.73.